The van der Waals surface area contributed by atoms with Crippen LogP contribution in [0.25, 0.3) is 0 Å². The van der Waals surface area contributed by atoms with Crippen LogP contribution >= 0.6 is 11.6 Å². The number of halogens is 1. The lowest BCUT2D eigenvalue weighted by Gasteiger charge is -1.82. The number of nitrogens with two attached hydrogens (primary N) is 1. The fraction of sp³-hybridized carbons (Fsp3) is 0.125. The molecule has 0 bridgehead atoms. The molecule has 0 atom stereocenters. The lowest BCUT2D eigenvalue weighted by molar-refractivity contribution is -0.375. The van der Waals surface area contributed by atoms with Gasteiger partial charge in [0.2, 0.25) is 0 Å². The molecule has 1 heterocycles. The highest BCUT2D eigenvalue weighted by molar-refractivity contribution is 6.28. The summed E-state index contributed by atoms with van der Waals surface area (Å²) in [5, 5.41) is 0.600. The van der Waals surface area contributed by atoms with E-state index in [4.69, 9.17) is 17.3 Å². The second-order valence-electron chi connectivity index (χ2n) is 1.93. The molecule has 0 radical (unpaired) electrons. The molecule has 0 unspecified atom stereocenters. The minimum absolute atomic E-state index is 0.378. The van der Waals surface area contributed by atoms with E-state index in [1.165, 1.54) is 0 Å². The molecule has 0 saturated carbocycles. The number of hydrogen-bond acceptors (Lipinski definition) is 1. The van der Waals surface area contributed by atoms with Gasteiger partial charge >= 0.3 is 0 Å². The van der Waals surface area contributed by atoms with Gasteiger partial charge in [-0.3, -0.25) is 0 Å². The Kier molecular flexibility index (Phi) is 2.91. The molecule has 11 heavy (non-hydrogen) atoms. The van der Waals surface area contributed by atoms with E-state index in [1.807, 2.05) is 6.07 Å². The second-order valence-corrected chi connectivity index (χ2v) is 2.34. The highest BCUT2D eigenvalue weighted by atomic mass is 35.5. The summed E-state index contributed by atoms with van der Waals surface area (Å²) in [4.78, 5) is 2.83. The van der Waals surface area contributed by atoms with E-state index < -0.39 is 0 Å². The predicted octanol–water partition coefficient (Wildman–Crippen LogP) is 0.464. The third-order valence-electron chi connectivity index (χ3n) is 1.11. The van der Waals surface area contributed by atoms with E-state index in [1.54, 1.807) is 12.3 Å². The number of nitrogens with one attached hydrogen (secondary N) is 1. The number of hydrogen-bond donors (Lipinski definition) is 1. The van der Waals surface area contributed by atoms with Crippen LogP contribution in [0.15, 0.2) is 18.3 Å². The number of H-pyrrole nitrogens is 1. The zero-order valence-electron chi connectivity index (χ0n) is 5.89. The summed E-state index contributed by atoms with van der Waals surface area (Å²) in [6.45, 7) is 0.378. The van der Waals surface area contributed by atoms with Crippen molar-refractivity contribution in [1.29, 1.82) is 0 Å². The van der Waals surface area contributed by atoms with Gasteiger partial charge in [0, 0.05) is 6.07 Å². The van der Waals surface area contributed by atoms with E-state index in [0.29, 0.717) is 11.7 Å². The normalized spacial score (nSPS) is 8.55. The molecule has 0 spiro atoms. The van der Waals surface area contributed by atoms with Crippen LogP contribution in [0.3, 0.4) is 0 Å². The topological polar surface area (TPSA) is 40.2 Å². The molecule has 0 aromatic carbocycles. The molecule has 0 aliphatic rings. The number of rotatable bonds is 0. The molecule has 0 aliphatic heterocycles. The van der Waals surface area contributed by atoms with Gasteiger partial charge in [0.15, 0.2) is 6.20 Å². The summed E-state index contributed by atoms with van der Waals surface area (Å²) in [6.07, 6.45) is 1.74. The first kappa shape index (κ1) is 8.06. The lowest BCUT2D eigenvalue weighted by atomic mass is 10.3. The summed E-state index contributed by atoms with van der Waals surface area (Å²) >= 11 is 5.62. The van der Waals surface area contributed by atoms with Crippen molar-refractivity contribution in [3.05, 3.63) is 29.0 Å². The van der Waals surface area contributed by atoms with Crippen molar-refractivity contribution in [2.24, 2.45) is 5.73 Å². The second kappa shape index (κ2) is 3.97. The summed E-state index contributed by atoms with van der Waals surface area (Å²) in [6, 6.07) is 3.59. The minimum Gasteiger partial charge on any atom is -0.320 e. The zero-order chi connectivity index (χ0) is 8.10. The summed E-state index contributed by atoms with van der Waals surface area (Å²) in [5.74, 6) is 5.61. The quantitative estimate of drug-likeness (QED) is 0.443. The van der Waals surface area contributed by atoms with Gasteiger partial charge in [-0.05, 0) is 17.7 Å². The Morgan fingerprint density at radius 1 is 1.55 bits per heavy atom. The standard InChI is InChI=1S/C8H7ClN2/c9-8-4-3-7(6-11-8)2-1-5-10/h3-4,6H,5,10H2/p+1. The van der Waals surface area contributed by atoms with Gasteiger partial charge in [0.25, 0.3) is 5.15 Å². The molecule has 1 aromatic heterocycles. The third kappa shape index (κ3) is 2.58. The van der Waals surface area contributed by atoms with Gasteiger partial charge in [-0.15, -0.1) is 0 Å². The van der Waals surface area contributed by atoms with Gasteiger partial charge in [-0.2, -0.15) is 0 Å². The van der Waals surface area contributed by atoms with Crippen LogP contribution in [0, 0.1) is 11.8 Å². The van der Waals surface area contributed by atoms with Crippen LogP contribution in [0.1, 0.15) is 5.56 Å². The Morgan fingerprint density at radius 3 is 2.91 bits per heavy atom. The average Bonchev–Trinajstić information content (AvgIpc) is 2.04. The van der Waals surface area contributed by atoms with Crippen LogP contribution in [0.5, 0.6) is 0 Å². The van der Waals surface area contributed by atoms with E-state index in [0.717, 1.165) is 5.56 Å². The molecular weight excluding hydrogens is 160 g/mol. The minimum atomic E-state index is 0.378. The molecule has 1 rings (SSSR count). The molecule has 0 fully saturated rings. The zero-order valence-corrected chi connectivity index (χ0v) is 6.65. The van der Waals surface area contributed by atoms with Crippen molar-refractivity contribution in [2.45, 2.75) is 0 Å². The highest BCUT2D eigenvalue weighted by Gasteiger charge is 1.93. The largest absolute Gasteiger partial charge is 0.320 e. The fourth-order valence-electron chi connectivity index (χ4n) is 0.637. The van der Waals surface area contributed by atoms with Gasteiger partial charge in [0.1, 0.15) is 0 Å². The Hall–Kier alpha value is -1.04. The number of aromatic amines is 1. The Balaban J connectivity index is 2.82. The maximum atomic E-state index is 5.62. The number of aromatic nitrogens is 1. The predicted molar refractivity (Wildman–Crippen MR) is 43.9 cm³/mol. The molecule has 2 nitrogen and oxygen atoms in total. The molecular formula is C8H8ClN2+. The van der Waals surface area contributed by atoms with E-state index in [2.05, 4.69) is 16.8 Å². The van der Waals surface area contributed by atoms with Gasteiger partial charge in [-0.25, -0.2) is 4.98 Å². The monoisotopic (exact) mass is 167 g/mol. The van der Waals surface area contributed by atoms with Gasteiger partial charge in [0.05, 0.1) is 12.1 Å². The maximum Gasteiger partial charge on any atom is 0.273 e. The summed E-state index contributed by atoms with van der Waals surface area (Å²) in [5.41, 5.74) is 6.09. The Bertz CT molecular complexity index is 281. The van der Waals surface area contributed by atoms with E-state index >= 15 is 0 Å². The molecule has 3 N–H and O–H groups in total. The first-order chi connectivity index (χ1) is 5.33. The summed E-state index contributed by atoms with van der Waals surface area (Å²) < 4.78 is 0. The van der Waals surface area contributed by atoms with Crippen LogP contribution in [0.4, 0.5) is 0 Å². The molecule has 56 valence electrons. The first-order valence-corrected chi connectivity index (χ1v) is 3.57. The highest BCUT2D eigenvalue weighted by Crippen LogP contribution is 1.98. The Morgan fingerprint density at radius 2 is 2.36 bits per heavy atom. The third-order valence-corrected chi connectivity index (χ3v) is 1.34. The first-order valence-electron chi connectivity index (χ1n) is 3.19. The van der Waals surface area contributed by atoms with Crippen molar-refractivity contribution in [2.75, 3.05) is 6.54 Å². The molecule has 3 heteroatoms. The Labute approximate surface area is 70.4 Å². The average molecular weight is 168 g/mol. The lowest BCUT2D eigenvalue weighted by Crippen LogP contribution is -2.02. The molecule has 0 saturated heterocycles. The van der Waals surface area contributed by atoms with Crippen molar-refractivity contribution >= 4 is 11.6 Å². The van der Waals surface area contributed by atoms with Crippen molar-refractivity contribution in [3.63, 3.8) is 0 Å². The molecule has 0 amide bonds. The van der Waals surface area contributed by atoms with Crippen molar-refractivity contribution in [3.8, 4) is 11.8 Å². The fourth-order valence-corrected chi connectivity index (χ4v) is 0.754. The van der Waals surface area contributed by atoms with Crippen LogP contribution in [0.2, 0.25) is 5.15 Å². The van der Waals surface area contributed by atoms with Crippen LogP contribution in [-0.2, 0) is 0 Å². The SMILES string of the molecule is NCC#Cc1ccc(Cl)[nH+]c1. The van der Waals surface area contributed by atoms with Gasteiger partial charge in [-0.1, -0.05) is 11.8 Å². The van der Waals surface area contributed by atoms with Crippen LogP contribution < -0.4 is 10.7 Å². The number of pyridine rings is 1. The van der Waals surface area contributed by atoms with Crippen LogP contribution in [-0.4, -0.2) is 6.54 Å². The van der Waals surface area contributed by atoms with Crippen molar-refractivity contribution < 1.29 is 4.98 Å². The summed E-state index contributed by atoms with van der Waals surface area (Å²) in [7, 11) is 0. The molecule has 1 aromatic rings. The van der Waals surface area contributed by atoms with E-state index in [9.17, 15) is 0 Å². The van der Waals surface area contributed by atoms with Gasteiger partial charge < -0.3 is 5.73 Å². The van der Waals surface area contributed by atoms with E-state index in [-0.39, 0.29) is 0 Å². The maximum absolute atomic E-state index is 5.62. The smallest absolute Gasteiger partial charge is 0.273 e. The molecule has 0 aliphatic carbocycles. The van der Waals surface area contributed by atoms with Crippen molar-refractivity contribution in [1.82, 2.24) is 0 Å².